The van der Waals surface area contributed by atoms with E-state index in [1.165, 1.54) is 12.1 Å². The number of hydrogen-bond acceptors (Lipinski definition) is 5. The molecule has 0 amide bonds. The molecule has 0 atom stereocenters. The molecule has 110 valence electrons. The van der Waals surface area contributed by atoms with Gasteiger partial charge in [0.2, 0.25) is 0 Å². The fourth-order valence-corrected chi connectivity index (χ4v) is 2.14. The van der Waals surface area contributed by atoms with Crippen LogP contribution in [0.25, 0.3) is 0 Å². The van der Waals surface area contributed by atoms with E-state index in [1.54, 1.807) is 0 Å². The molecule has 1 aliphatic heterocycles. The van der Waals surface area contributed by atoms with Crippen LogP contribution >= 0.6 is 0 Å². The first-order chi connectivity index (χ1) is 9.65. The minimum absolute atomic E-state index is 0.213. The van der Waals surface area contributed by atoms with Gasteiger partial charge < -0.3 is 10.1 Å². The molecule has 1 saturated heterocycles. The lowest BCUT2D eigenvalue weighted by Gasteiger charge is -2.26. The summed E-state index contributed by atoms with van der Waals surface area (Å²) in [5.41, 5.74) is 0.369. The number of halogens is 1. The Balaban J connectivity index is 1.77. The van der Waals surface area contributed by atoms with Crippen molar-refractivity contribution in [2.75, 3.05) is 39.4 Å². The van der Waals surface area contributed by atoms with Crippen molar-refractivity contribution in [3.63, 3.8) is 0 Å². The van der Waals surface area contributed by atoms with E-state index in [1.807, 2.05) is 0 Å². The van der Waals surface area contributed by atoms with Gasteiger partial charge in [-0.1, -0.05) is 0 Å². The Morgan fingerprint density at radius 3 is 2.80 bits per heavy atom. The molecule has 0 unspecified atom stereocenters. The third-order valence-electron chi connectivity index (χ3n) is 3.19. The molecule has 1 fully saturated rings. The predicted octanol–water partition coefficient (Wildman–Crippen LogP) is 1.16. The van der Waals surface area contributed by atoms with Crippen LogP contribution < -0.4 is 5.32 Å². The highest BCUT2D eigenvalue weighted by atomic mass is 19.1. The lowest BCUT2D eigenvalue weighted by molar-refractivity contribution is -0.385. The highest BCUT2D eigenvalue weighted by molar-refractivity contribution is 5.35. The molecule has 0 aromatic heterocycles. The summed E-state index contributed by atoms with van der Waals surface area (Å²) in [4.78, 5) is 12.3. The average Bonchev–Trinajstić information content (AvgIpc) is 2.44. The van der Waals surface area contributed by atoms with E-state index >= 15 is 0 Å². The molecule has 0 bridgehead atoms. The molecule has 0 saturated carbocycles. The van der Waals surface area contributed by atoms with Crippen LogP contribution in [-0.2, 0) is 11.3 Å². The number of nitro benzene ring substituents is 1. The second-order valence-corrected chi connectivity index (χ2v) is 4.71. The molecular weight excluding hydrogens is 265 g/mol. The number of morpholine rings is 1. The molecule has 7 heteroatoms. The summed E-state index contributed by atoms with van der Waals surface area (Å²) in [6, 6.07) is 3.64. The number of nitro groups is 1. The van der Waals surface area contributed by atoms with Gasteiger partial charge in [0.05, 0.1) is 24.2 Å². The van der Waals surface area contributed by atoms with Crippen molar-refractivity contribution in [3.8, 4) is 0 Å². The molecule has 0 radical (unpaired) electrons. The molecule has 0 aliphatic carbocycles. The van der Waals surface area contributed by atoms with Gasteiger partial charge in [0.15, 0.2) is 0 Å². The molecule has 6 nitrogen and oxygen atoms in total. The van der Waals surface area contributed by atoms with Gasteiger partial charge in [-0.3, -0.25) is 15.0 Å². The van der Waals surface area contributed by atoms with Crippen LogP contribution in [0.5, 0.6) is 0 Å². The smallest absolute Gasteiger partial charge is 0.272 e. The number of ether oxygens (including phenoxy) is 1. The summed E-state index contributed by atoms with van der Waals surface area (Å²) in [6.45, 7) is 5.43. The first-order valence-corrected chi connectivity index (χ1v) is 6.60. The summed E-state index contributed by atoms with van der Waals surface area (Å²) in [6.07, 6.45) is 0. The van der Waals surface area contributed by atoms with Crippen molar-refractivity contribution in [3.05, 3.63) is 39.7 Å². The number of nitrogens with zero attached hydrogens (tertiary/aromatic N) is 2. The Bertz CT molecular complexity index is 464. The van der Waals surface area contributed by atoms with Crippen LogP contribution in [0.15, 0.2) is 18.2 Å². The minimum Gasteiger partial charge on any atom is -0.379 e. The standard InChI is InChI=1S/C13H18FN3O3/c14-12-7-11(8-13(9-12)17(18)19)10-15-1-2-16-3-5-20-6-4-16/h7-9,15H,1-6,10H2. The van der Waals surface area contributed by atoms with Crippen molar-refractivity contribution in [2.45, 2.75) is 6.54 Å². The molecule has 1 heterocycles. The van der Waals surface area contributed by atoms with Crippen molar-refractivity contribution in [1.29, 1.82) is 0 Å². The van der Waals surface area contributed by atoms with E-state index in [0.717, 1.165) is 45.5 Å². The number of rotatable bonds is 6. The van der Waals surface area contributed by atoms with Crippen LogP contribution in [0.4, 0.5) is 10.1 Å². The Hall–Kier alpha value is -1.57. The summed E-state index contributed by atoms with van der Waals surface area (Å²) in [7, 11) is 0. The van der Waals surface area contributed by atoms with E-state index in [9.17, 15) is 14.5 Å². The average molecular weight is 283 g/mol. The Kier molecular flexibility index (Phi) is 5.40. The Morgan fingerprint density at radius 1 is 1.35 bits per heavy atom. The van der Waals surface area contributed by atoms with Gasteiger partial charge in [-0.05, 0) is 11.6 Å². The molecule has 2 rings (SSSR count). The maximum Gasteiger partial charge on any atom is 0.272 e. The van der Waals surface area contributed by atoms with Gasteiger partial charge in [0.25, 0.3) is 5.69 Å². The number of hydrogen-bond donors (Lipinski definition) is 1. The lowest BCUT2D eigenvalue weighted by Crippen LogP contribution is -2.40. The van der Waals surface area contributed by atoms with Gasteiger partial charge in [0.1, 0.15) is 5.82 Å². The Labute approximate surface area is 116 Å². The SMILES string of the molecule is O=[N+]([O-])c1cc(F)cc(CNCCN2CCOCC2)c1. The van der Waals surface area contributed by atoms with Crippen LogP contribution in [-0.4, -0.2) is 49.2 Å². The predicted molar refractivity (Wildman–Crippen MR) is 72.0 cm³/mol. The topological polar surface area (TPSA) is 67.6 Å². The molecule has 20 heavy (non-hydrogen) atoms. The zero-order valence-corrected chi connectivity index (χ0v) is 11.2. The monoisotopic (exact) mass is 283 g/mol. The summed E-state index contributed by atoms with van der Waals surface area (Å²) >= 11 is 0. The first-order valence-electron chi connectivity index (χ1n) is 6.60. The third kappa shape index (κ3) is 4.52. The van der Waals surface area contributed by atoms with Crippen LogP contribution in [0, 0.1) is 15.9 Å². The Morgan fingerprint density at radius 2 is 2.10 bits per heavy atom. The van der Waals surface area contributed by atoms with Gasteiger partial charge in [0, 0.05) is 38.8 Å². The van der Waals surface area contributed by atoms with Gasteiger partial charge in [-0.25, -0.2) is 4.39 Å². The van der Waals surface area contributed by atoms with E-state index in [4.69, 9.17) is 4.74 Å². The second-order valence-electron chi connectivity index (χ2n) is 4.71. The maximum atomic E-state index is 13.2. The fourth-order valence-electron chi connectivity index (χ4n) is 2.14. The minimum atomic E-state index is -0.583. The molecule has 1 aromatic carbocycles. The van der Waals surface area contributed by atoms with Crippen molar-refractivity contribution in [1.82, 2.24) is 10.2 Å². The van der Waals surface area contributed by atoms with Gasteiger partial charge in [-0.2, -0.15) is 0 Å². The van der Waals surface area contributed by atoms with Crippen molar-refractivity contribution >= 4 is 5.69 Å². The van der Waals surface area contributed by atoms with Gasteiger partial charge in [-0.15, -0.1) is 0 Å². The van der Waals surface area contributed by atoms with Crippen molar-refractivity contribution in [2.24, 2.45) is 0 Å². The number of benzene rings is 1. The zero-order valence-electron chi connectivity index (χ0n) is 11.2. The highest BCUT2D eigenvalue weighted by Crippen LogP contribution is 2.16. The second kappa shape index (κ2) is 7.28. The summed E-state index contributed by atoms with van der Waals surface area (Å²) in [5.74, 6) is -0.579. The zero-order chi connectivity index (χ0) is 14.4. The van der Waals surface area contributed by atoms with Crippen molar-refractivity contribution < 1.29 is 14.1 Å². The quantitative estimate of drug-likeness (QED) is 0.482. The number of nitrogens with one attached hydrogen (secondary N) is 1. The fraction of sp³-hybridized carbons (Fsp3) is 0.538. The van der Waals surface area contributed by atoms with Gasteiger partial charge >= 0.3 is 0 Å². The largest absolute Gasteiger partial charge is 0.379 e. The molecule has 1 aliphatic rings. The molecule has 1 N–H and O–H groups in total. The van der Waals surface area contributed by atoms with Crippen LogP contribution in [0.3, 0.4) is 0 Å². The summed E-state index contributed by atoms with van der Waals surface area (Å²) in [5, 5.41) is 13.8. The number of non-ortho nitro benzene ring substituents is 1. The molecule has 0 spiro atoms. The normalized spacial score (nSPS) is 16.2. The van der Waals surface area contributed by atoms with E-state index in [0.29, 0.717) is 12.1 Å². The van der Waals surface area contributed by atoms with E-state index in [-0.39, 0.29) is 5.69 Å². The van der Waals surface area contributed by atoms with E-state index < -0.39 is 10.7 Å². The van der Waals surface area contributed by atoms with E-state index in [2.05, 4.69) is 10.2 Å². The highest BCUT2D eigenvalue weighted by Gasteiger charge is 2.11. The molecule has 1 aromatic rings. The third-order valence-corrected chi connectivity index (χ3v) is 3.19. The van der Waals surface area contributed by atoms with Crippen LogP contribution in [0.2, 0.25) is 0 Å². The molecular formula is C13H18FN3O3. The summed E-state index contributed by atoms with van der Waals surface area (Å²) < 4.78 is 18.5. The van der Waals surface area contributed by atoms with Crippen LogP contribution in [0.1, 0.15) is 5.56 Å². The maximum absolute atomic E-state index is 13.2. The first kappa shape index (κ1) is 14.8. The lowest BCUT2D eigenvalue weighted by atomic mass is 10.2.